The Hall–Kier alpha value is -0.730. The average molecular weight is 282 g/mol. The quantitative estimate of drug-likeness (QED) is 0.811. The molecule has 1 fully saturated rings. The first-order chi connectivity index (χ1) is 9.20. The van der Waals surface area contributed by atoms with Crippen LogP contribution >= 0.6 is 11.6 Å². The van der Waals surface area contributed by atoms with Gasteiger partial charge in [0.25, 0.3) is 0 Å². The fraction of sp³-hybridized carbons (Fsp3) is 0.625. The molecule has 1 atom stereocenters. The van der Waals surface area contributed by atoms with Gasteiger partial charge in [0.05, 0.1) is 12.1 Å². The van der Waals surface area contributed by atoms with Crippen molar-refractivity contribution >= 4 is 11.6 Å². The monoisotopic (exact) mass is 281 g/mol. The van der Waals surface area contributed by atoms with Gasteiger partial charge in [-0.05, 0) is 30.0 Å². The summed E-state index contributed by atoms with van der Waals surface area (Å²) < 4.78 is 5.17. The molecule has 0 spiro atoms. The van der Waals surface area contributed by atoms with Gasteiger partial charge in [-0.3, -0.25) is 0 Å². The van der Waals surface area contributed by atoms with Gasteiger partial charge in [0.15, 0.2) is 0 Å². The van der Waals surface area contributed by atoms with E-state index in [-0.39, 0.29) is 6.04 Å². The molecule has 2 N–H and O–H groups in total. The second-order valence-corrected chi connectivity index (χ2v) is 6.00. The van der Waals surface area contributed by atoms with Crippen LogP contribution in [-0.4, -0.2) is 7.11 Å². The van der Waals surface area contributed by atoms with Gasteiger partial charge in [-0.25, -0.2) is 0 Å². The molecule has 19 heavy (non-hydrogen) atoms. The van der Waals surface area contributed by atoms with Crippen molar-refractivity contribution in [2.45, 2.75) is 51.0 Å². The smallest absolute Gasteiger partial charge is 0.137 e. The molecular formula is C16H24ClNO. The largest absolute Gasteiger partial charge is 0.495 e. The molecule has 0 saturated heterocycles. The number of hydrogen-bond donors (Lipinski definition) is 1. The van der Waals surface area contributed by atoms with Crippen LogP contribution in [0.2, 0.25) is 5.02 Å². The Morgan fingerprint density at radius 3 is 2.53 bits per heavy atom. The van der Waals surface area contributed by atoms with Crippen molar-refractivity contribution in [3.05, 3.63) is 28.8 Å². The van der Waals surface area contributed by atoms with Crippen LogP contribution in [0.1, 0.15) is 56.6 Å². The van der Waals surface area contributed by atoms with E-state index in [4.69, 9.17) is 22.1 Å². The third-order valence-corrected chi connectivity index (χ3v) is 4.46. The van der Waals surface area contributed by atoms with E-state index in [2.05, 4.69) is 0 Å². The molecule has 2 rings (SSSR count). The lowest BCUT2D eigenvalue weighted by atomic mass is 9.90. The maximum absolute atomic E-state index is 6.34. The van der Waals surface area contributed by atoms with Crippen molar-refractivity contribution in [1.82, 2.24) is 0 Å². The summed E-state index contributed by atoms with van der Waals surface area (Å²) in [5, 5.41) is 0.649. The summed E-state index contributed by atoms with van der Waals surface area (Å²) in [5.74, 6) is 1.49. The SMILES string of the molecule is COc1ccc(C(N)CC2CCCCCC2)cc1Cl. The van der Waals surface area contributed by atoms with Crippen LogP contribution in [0.15, 0.2) is 18.2 Å². The van der Waals surface area contributed by atoms with E-state index in [0.29, 0.717) is 10.8 Å². The average Bonchev–Trinajstić information content (AvgIpc) is 2.67. The molecule has 3 heteroatoms. The minimum absolute atomic E-state index is 0.0894. The highest BCUT2D eigenvalue weighted by Crippen LogP contribution is 2.32. The molecule has 1 aromatic rings. The molecule has 1 unspecified atom stereocenters. The second-order valence-electron chi connectivity index (χ2n) is 5.59. The molecule has 106 valence electrons. The molecule has 1 saturated carbocycles. The fourth-order valence-electron chi connectivity index (χ4n) is 3.01. The molecule has 0 heterocycles. The van der Waals surface area contributed by atoms with Gasteiger partial charge < -0.3 is 10.5 Å². The Morgan fingerprint density at radius 2 is 1.95 bits per heavy atom. The van der Waals surface area contributed by atoms with E-state index in [1.807, 2.05) is 18.2 Å². The van der Waals surface area contributed by atoms with Crippen LogP contribution in [0, 0.1) is 5.92 Å². The molecule has 0 amide bonds. The van der Waals surface area contributed by atoms with Crippen molar-refractivity contribution in [3.63, 3.8) is 0 Å². The lowest BCUT2D eigenvalue weighted by molar-refractivity contribution is 0.392. The first-order valence-corrected chi connectivity index (χ1v) is 7.67. The molecule has 0 radical (unpaired) electrons. The molecular weight excluding hydrogens is 258 g/mol. The van der Waals surface area contributed by atoms with Crippen LogP contribution in [0.5, 0.6) is 5.75 Å². The van der Waals surface area contributed by atoms with Crippen LogP contribution in [0.3, 0.4) is 0 Å². The zero-order chi connectivity index (χ0) is 13.7. The van der Waals surface area contributed by atoms with E-state index in [0.717, 1.165) is 17.9 Å². The number of ether oxygens (including phenoxy) is 1. The molecule has 1 aliphatic carbocycles. The summed E-state index contributed by atoms with van der Waals surface area (Å²) in [6.45, 7) is 0. The second kappa shape index (κ2) is 7.16. The number of benzene rings is 1. The van der Waals surface area contributed by atoms with Gasteiger partial charge in [0, 0.05) is 6.04 Å². The van der Waals surface area contributed by atoms with Crippen LogP contribution in [0.25, 0.3) is 0 Å². The number of halogens is 1. The number of nitrogens with two attached hydrogens (primary N) is 1. The van der Waals surface area contributed by atoms with Gasteiger partial charge in [0.1, 0.15) is 5.75 Å². The molecule has 0 bridgehead atoms. The molecule has 1 aromatic carbocycles. The lowest BCUT2D eigenvalue weighted by Crippen LogP contribution is -2.15. The molecule has 0 aliphatic heterocycles. The summed E-state index contributed by atoms with van der Waals surface area (Å²) in [6, 6.07) is 5.98. The van der Waals surface area contributed by atoms with Crippen molar-refractivity contribution in [2.24, 2.45) is 11.7 Å². The van der Waals surface area contributed by atoms with Crippen LogP contribution < -0.4 is 10.5 Å². The Morgan fingerprint density at radius 1 is 1.26 bits per heavy atom. The number of hydrogen-bond acceptors (Lipinski definition) is 2. The third-order valence-electron chi connectivity index (χ3n) is 4.17. The van der Waals surface area contributed by atoms with E-state index < -0.39 is 0 Å². The highest BCUT2D eigenvalue weighted by molar-refractivity contribution is 6.32. The summed E-state index contributed by atoms with van der Waals surface area (Å²) >= 11 is 6.16. The van der Waals surface area contributed by atoms with Gasteiger partial charge in [-0.1, -0.05) is 56.2 Å². The Bertz CT molecular complexity index is 400. The Balaban J connectivity index is 1.98. The van der Waals surface area contributed by atoms with E-state index in [1.165, 1.54) is 38.5 Å². The summed E-state index contributed by atoms with van der Waals surface area (Å²) in [7, 11) is 1.63. The first kappa shape index (κ1) is 14.7. The predicted octanol–water partition coefficient (Wildman–Crippen LogP) is 4.71. The van der Waals surface area contributed by atoms with Gasteiger partial charge in [0.2, 0.25) is 0 Å². The van der Waals surface area contributed by atoms with Crippen molar-refractivity contribution < 1.29 is 4.74 Å². The topological polar surface area (TPSA) is 35.2 Å². The third kappa shape index (κ3) is 4.12. The number of rotatable bonds is 4. The van der Waals surface area contributed by atoms with Crippen LogP contribution in [0.4, 0.5) is 0 Å². The lowest BCUT2D eigenvalue weighted by Gasteiger charge is -2.20. The Kier molecular flexibility index (Phi) is 5.53. The standard InChI is InChI=1S/C16H24ClNO/c1-19-16-9-8-13(11-14(16)17)15(18)10-12-6-4-2-3-5-7-12/h8-9,11-12,15H,2-7,10,18H2,1H3. The highest BCUT2D eigenvalue weighted by atomic mass is 35.5. The van der Waals surface area contributed by atoms with Crippen molar-refractivity contribution in [1.29, 1.82) is 0 Å². The minimum Gasteiger partial charge on any atom is -0.495 e. The minimum atomic E-state index is 0.0894. The van der Waals surface area contributed by atoms with Crippen molar-refractivity contribution in [2.75, 3.05) is 7.11 Å². The maximum Gasteiger partial charge on any atom is 0.137 e. The Labute approximate surface area is 121 Å². The zero-order valence-corrected chi connectivity index (χ0v) is 12.5. The molecule has 1 aliphatic rings. The summed E-state index contributed by atoms with van der Waals surface area (Å²) in [6.07, 6.45) is 9.24. The van der Waals surface area contributed by atoms with Crippen molar-refractivity contribution in [3.8, 4) is 5.75 Å². The van der Waals surface area contributed by atoms with Gasteiger partial charge >= 0.3 is 0 Å². The maximum atomic E-state index is 6.34. The summed E-state index contributed by atoms with van der Waals surface area (Å²) in [4.78, 5) is 0. The fourth-order valence-corrected chi connectivity index (χ4v) is 3.27. The summed E-state index contributed by atoms with van der Waals surface area (Å²) in [5.41, 5.74) is 7.46. The van der Waals surface area contributed by atoms with Gasteiger partial charge in [-0.15, -0.1) is 0 Å². The first-order valence-electron chi connectivity index (χ1n) is 7.29. The molecule has 2 nitrogen and oxygen atoms in total. The number of methoxy groups -OCH3 is 1. The van der Waals surface area contributed by atoms with Crippen LogP contribution in [-0.2, 0) is 0 Å². The van der Waals surface area contributed by atoms with E-state index in [1.54, 1.807) is 7.11 Å². The highest BCUT2D eigenvalue weighted by Gasteiger charge is 2.17. The predicted molar refractivity (Wildman–Crippen MR) is 80.7 cm³/mol. The van der Waals surface area contributed by atoms with E-state index in [9.17, 15) is 0 Å². The van der Waals surface area contributed by atoms with Gasteiger partial charge in [-0.2, -0.15) is 0 Å². The molecule has 0 aromatic heterocycles. The normalized spacial score (nSPS) is 18.9. The van der Waals surface area contributed by atoms with E-state index >= 15 is 0 Å². The zero-order valence-electron chi connectivity index (χ0n) is 11.7.